The molecule has 0 aromatic carbocycles. The van der Waals surface area contributed by atoms with E-state index in [1.54, 1.807) is 11.0 Å². The Morgan fingerprint density at radius 1 is 1.14 bits per heavy atom. The Morgan fingerprint density at radius 3 is 1.91 bits per heavy atom. The number of hydrogen-bond acceptors (Lipinski definition) is 4. The van der Waals surface area contributed by atoms with Gasteiger partial charge < -0.3 is 10.3 Å². The molecule has 6 nitrogen and oxygen atoms in total. The van der Waals surface area contributed by atoms with Gasteiger partial charge >= 0.3 is 0 Å². The van der Waals surface area contributed by atoms with Crippen molar-refractivity contribution in [2.24, 2.45) is 0 Å². The fraction of sp³-hybridized carbons (Fsp3) is 0.857. The molecule has 1 aromatic rings. The van der Waals surface area contributed by atoms with E-state index < -0.39 is 0 Å². The number of hydrogen-bond donors (Lipinski definition) is 0. The largest absolute Gasteiger partial charge is 0.660 e. The smallest absolute Gasteiger partial charge is 0.256 e. The molecule has 1 fully saturated rings. The first-order chi connectivity index (χ1) is 8.93. The zero-order valence-electron chi connectivity index (χ0n) is 14.5. The maximum absolute atomic E-state index is 7.55. The number of piperazine rings is 1. The first-order valence-corrected chi connectivity index (χ1v) is 7.09. The number of aromatic nitrogens is 2. The summed E-state index contributed by atoms with van der Waals surface area (Å²) >= 11 is 0. The van der Waals surface area contributed by atoms with E-state index in [-0.39, 0.29) is 47.3 Å². The van der Waals surface area contributed by atoms with E-state index in [0.29, 0.717) is 0 Å². The maximum Gasteiger partial charge on any atom is 0.256 e. The fourth-order valence-electron chi connectivity index (χ4n) is 3.30. The predicted molar refractivity (Wildman–Crippen MR) is 92.9 cm³/mol. The third-order valence-electron chi connectivity index (χ3n) is 3.91. The van der Waals surface area contributed by atoms with Gasteiger partial charge in [0, 0.05) is 18.6 Å². The second-order valence-electron chi connectivity index (χ2n) is 7.95. The van der Waals surface area contributed by atoms with E-state index in [4.69, 9.17) is 10.3 Å². The van der Waals surface area contributed by atoms with Crippen molar-refractivity contribution in [2.75, 3.05) is 18.1 Å². The molecule has 1 saturated heterocycles. The second kappa shape index (κ2) is 6.42. The van der Waals surface area contributed by atoms with Crippen molar-refractivity contribution in [3.8, 4) is 0 Å². The monoisotopic (exact) mass is 353 g/mol. The summed E-state index contributed by atoms with van der Waals surface area (Å²) in [6.45, 7) is 17.5. The van der Waals surface area contributed by atoms with Crippen LogP contribution in [-0.4, -0.2) is 39.9 Å². The summed E-state index contributed by atoms with van der Waals surface area (Å²) in [4.78, 5) is 4.19. The lowest BCUT2D eigenvalue weighted by atomic mass is 9.87. The van der Waals surface area contributed by atoms with Crippen LogP contribution in [0.5, 0.6) is 0 Å². The first kappa shape index (κ1) is 21.3. The Balaban J connectivity index is 0.00000220. The average molecular weight is 354 g/mol. The molecule has 1 aliphatic rings. The minimum atomic E-state index is -0.108. The number of halogens is 2. The summed E-state index contributed by atoms with van der Waals surface area (Å²) in [6, 6.07) is 0. The maximum atomic E-state index is 7.55. The summed E-state index contributed by atoms with van der Waals surface area (Å²) in [7, 11) is 0. The molecular formula is C14H29Cl2N5O. The van der Waals surface area contributed by atoms with Crippen LogP contribution in [0.2, 0.25) is 0 Å². The van der Waals surface area contributed by atoms with E-state index in [0.717, 1.165) is 13.1 Å². The van der Waals surface area contributed by atoms with Crippen molar-refractivity contribution in [2.45, 2.75) is 65.1 Å². The van der Waals surface area contributed by atoms with Gasteiger partial charge in [-0.3, -0.25) is 4.90 Å². The van der Waals surface area contributed by atoms with Gasteiger partial charge in [0.2, 0.25) is 5.27 Å². The van der Waals surface area contributed by atoms with Gasteiger partial charge in [0.15, 0.2) is 0 Å². The third kappa shape index (κ3) is 3.97. The van der Waals surface area contributed by atoms with Crippen LogP contribution in [0.4, 0.5) is 5.88 Å². The molecule has 0 unspecified atom stereocenters. The van der Waals surface area contributed by atoms with E-state index in [1.165, 1.54) is 0 Å². The lowest BCUT2D eigenvalue weighted by molar-refractivity contribution is -0.774. The highest BCUT2D eigenvalue weighted by Crippen LogP contribution is 2.32. The average Bonchev–Trinajstić information content (AvgIpc) is 2.59. The molecule has 1 aliphatic heterocycles. The summed E-state index contributed by atoms with van der Waals surface area (Å²) in [5.41, 5.74) is 7.46. The van der Waals surface area contributed by atoms with Gasteiger partial charge in [-0.1, -0.05) is 0 Å². The zero-order chi connectivity index (χ0) is 15.3. The van der Waals surface area contributed by atoms with Crippen LogP contribution in [0.3, 0.4) is 0 Å². The Bertz CT molecular complexity index is 478. The molecule has 1 aromatic heterocycles. The highest BCUT2D eigenvalue weighted by atomic mass is 35.5. The van der Waals surface area contributed by atoms with E-state index in [1.807, 2.05) is 0 Å². The summed E-state index contributed by atoms with van der Waals surface area (Å²) in [5.74, 6) is 0.0786. The molecule has 0 radical (unpaired) electrons. The van der Waals surface area contributed by atoms with Crippen LogP contribution >= 0.6 is 24.8 Å². The number of nitrogens with zero attached hydrogens (tertiary/aromatic N) is 4. The zero-order valence-corrected chi connectivity index (χ0v) is 16.1. The molecule has 8 heteroatoms. The fourth-order valence-corrected chi connectivity index (χ4v) is 3.30. The molecule has 130 valence electrons. The first-order valence-electron chi connectivity index (χ1n) is 7.09. The van der Waals surface area contributed by atoms with Crippen LogP contribution in [0, 0.1) is 0 Å². The topological polar surface area (TPSA) is 60.2 Å². The van der Waals surface area contributed by atoms with Crippen LogP contribution in [0.25, 0.3) is 5.73 Å². The number of rotatable bonds is 1. The van der Waals surface area contributed by atoms with Gasteiger partial charge in [0.05, 0.1) is 4.79 Å². The summed E-state index contributed by atoms with van der Waals surface area (Å²) in [5, 5.41) is 6.19. The molecule has 2 rings (SSSR count). The highest BCUT2D eigenvalue weighted by Gasteiger charge is 2.52. The molecule has 0 spiro atoms. The Morgan fingerprint density at radius 2 is 1.59 bits per heavy atom. The Kier molecular flexibility index (Phi) is 6.21. The highest BCUT2D eigenvalue weighted by molar-refractivity contribution is 5.85. The van der Waals surface area contributed by atoms with Gasteiger partial charge in [-0.05, 0) is 48.5 Å². The molecule has 0 saturated carbocycles. The van der Waals surface area contributed by atoms with Gasteiger partial charge in [-0.15, -0.1) is 29.8 Å². The van der Waals surface area contributed by atoms with Crippen LogP contribution in [0.1, 0.15) is 48.5 Å². The third-order valence-corrected chi connectivity index (χ3v) is 3.91. The van der Waals surface area contributed by atoms with Crippen LogP contribution in [-0.2, 0) is 0 Å². The van der Waals surface area contributed by atoms with E-state index in [9.17, 15) is 0 Å². The molecular weight excluding hydrogens is 325 g/mol. The lowest BCUT2D eigenvalue weighted by Gasteiger charge is -2.54. The van der Waals surface area contributed by atoms with Gasteiger partial charge in [0.25, 0.3) is 6.20 Å². The molecule has 22 heavy (non-hydrogen) atoms. The van der Waals surface area contributed by atoms with Gasteiger partial charge in [-0.25, -0.2) is 0 Å². The molecule has 2 heterocycles. The molecule has 0 aliphatic carbocycles. The second-order valence-corrected chi connectivity index (χ2v) is 7.95. The van der Waals surface area contributed by atoms with Gasteiger partial charge in [0.1, 0.15) is 17.0 Å². The Labute approximate surface area is 145 Å². The Hall–Kier alpha value is -0.720. The minimum absolute atomic E-state index is 0. The van der Waals surface area contributed by atoms with Crippen molar-refractivity contribution in [3.05, 3.63) is 11.9 Å². The van der Waals surface area contributed by atoms with Crippen molar-refractivity contribution in [3.63, 3.8) is 0 Å². The number of nitrogens with one attached hydrogen (secondary N) is 1. The van der Waals surface area contributed by atoms with Crippen molar-refractivity contribution in [1.82, 2.24) is 10.2 Å². The summed E-state index contributed by atoms with van der Waals surface area (Å²) < 4.78 is 4.92. The van der Waals surface area contributed by atoms with Crippen LogP contribution in [0.15, 0.2) is 10.7 Å². The quantitative estimate of drug-likeness (QED) is 0.727. The van der Waals surface area contributed by atoms with Crippen LogP contribution < -0.4 is 9.80 Å². The lowest BCUT2D eigenvalue weighted by Crippen LogP contribution is -2.82. The van der Waals surface area contributed by atoms with E-state index >= 15 is 0 Å². The van der Waals surface area contributed by atoms with Gasteiger partial charge in [-0.2, -0.15) is 0 Å². The van der Waals surface area contributed by atoms with Crippen molar-refractivity contribution < 1.29 is 9.31 Å². The normalized spacial score (nSPS) is 21.0. The summed E-state index contributed by atoms with van der Waals surface area (Å²) in [6.07, 6.45) is 1.62. The standard InChI is InChI=1S/C14H27N5O.2ClH/c1-12(2,3)17-9-13(4,5)19(14(6,7)10-17)18-8-11(15)20-16-18;;/h8,15H,9-10H2,1-7H3;2*1H. The molecule has 1 N–H and O–H groups in total. The molecule has 0 bridgehead atoms. The minimum Gasteiger partial charge on any atom is -0.660 e. The molecule has 0 amide bonds. The van der Waals surface area contributed by atoms with Crippen molar-refractivity contribution in [1.29, 1.82) is 0 Å². The molecule has 0 atom stereocenters. The van der Waals surface area contributed by atoms with E-state index in [2.05, 4.69) is 63.6 Å². The SMILES string of the molecule is CC(C)(C)N1CC(C)(C)N([n+]2cc([NH-])on2)C(C)(C)C1.Cl.Cl. The predicted octanol–water partition coefficient (Wildman–Crippen LogP) is 3.10. The van der Waals surface area contributed by atoms with Crippen molar-refractivity contribution >= 4 is 30.7 Å².